The van der Waals surface area contributed by atoms with Crippen molar-refractivity contribution < 1.29 is 4.79 Å². The number of carbonyl (C=O) groups is 1. The molecule has 1 aliphatic rings. The summed E-state index contributed by atoms with van der Waals surface area (Å²) in [6, 6.07) is 26.0. The monoisotopic (exact) mass is 419 g/mol. The highest BCUT2D eigenvalue weighted by Gasteiger charge is 2.23. The van der Waals surface area contributed by atoms with Crippen molar-refractivity contribution in [2.45, 2.75) is 18.9 Å². The van der Waals surface area contributed by atoms with Crippen molar-refractivity contribution in [3.63, 3.8) is 0 Å². The lowest BCUT2D eigenvalue weighted by Gasteiger charge is -2.12. The molecule has 2 heterocycles. The van der Waals surface area contributed by atoms with Gasteiger partial charge in [0, 0.05) is 22.9 Å². The van der Waals surface area contributed by atoms with Crippen LogP contribution in [0.5, 0.6) is 0 Å². The number of nitrogens with zero attached hydrogens (tertiary/aromatic N) is 3. The van der Waals surface area contributed by atoms with Crippen molar-refractivity contribution in [3.05, 3.63) is 90.6 Å². The maximum absolute atomic E-state index is 12.4. The first-order chi connectivity index (χ1) is 15.8. The summed E-state index contributed by atoms with van der Waals surface area (Å²) in [5.74, 6) is 0.683. The molecule has 0 bridgehead atoms. The smallest absolute Gasteiger partial charge is 0.251 e. The van der Waals surface area contributed by atoms with Gasteiger partial charge < -0.3 is 10.6 Å². The number of fused-ring (bicyclic) bond motifs is 3. The highest BCUT2D eigenvalue weighted by molar-refractivity contribution is 5.95. The van der Waals surface area contributed by atoms with Gasteiger partial charge in [0.05, 0.1) is 22.9 Å². The number of amides is 1. The van der Waals surface area contributed by atoms with Crippen LogP contribution >= 0.6 is 0 Å². The molecule has 6 rings (SSSR count). The molecule has 3 aromatic carbocycles. The Morgan fingerprint density at radius 1 is 0.906 bits per heavy atom. The van der Waals surface area contributed by atoms with E-state index in [1.807, 2.05) is 85.1 Å². The van der Waals surface area contributed by atoms with E-state index in [2.05, 4.69) is 15.0 Å². The highest BCUT2D eigenvalue weighted by atomic mass is 16.1. The molecule has 6 heteroatoms. The number of aromatic nitrogens is 3. The molecule has 1 aliphatic carbocycles. The summed E-state index contributed by atoms with van der Waals surface area (Å²) >= 11 is 0. The lowest BCUT2D eigenvalue weighted by molar-refractivity contribution is 0.0951. The topological polar surface area (TPSA) is 71.3 Å². The van der Waals surface area contributed by atoms with E-state index in [0.717, 1.165) is 46.5 Å². The van der Waals surface area contributed by atoms with Crippen LogP contribution in [0, 0.1) is 0 Å². The molecular weight excluding hydrogens is 398 g/mol. The Morgan fingerprint density at radius 2 is 1.66 bits per heavy atom. The second kappa shape index (κ2) is 7.50. The molecular formula is C26H21N5O. The minimum Gasteiger partial charge on any atom is -0.349 e. The Labute approximate surface area is 184 Å². The fourth-order valence-electron chi connectivity index (χ4n) is 3.92. The van der Waals surface area contributed by atoms with Gasteiger partial charge in [-0.3, -0.25) is 9.20 Å². The largest absolute Gasteiger partial charge is 0.349 e. The Bertz CT molecular complexity index is 1440. The standard InChI is InChI=1S/C26H21N5O/c32-26(29-20-14-15-20)18-12-10-17(11-13-18)23-16-27-25-24(28-19-6-2-1-3-7-19)30-21-8-4-5-9-22(21)31(23)25/h1-13,16,20H,14-15H2,(H,28,30)(H,29,32). The van der Waals surface area contributed by atoms with Crippen molar-refractivity contribution in [1.82, 2.24) is 19.7 Å². The van der Waals surface area contributed by atoms with Gasteiger partial charge in [-0.2, -0.15) is 0 Å². The maximum Gasteiger partial charge on any atom is 0.251 e. The number of carbonyl (C=O) groups excluding carboxylic acids is 1. The SMILES string of the molecule is O=C(NC1CC1)c1ccc(-c2cnc3c(Nc4ccccc4)nc4ccccc4n23)cc1. The molecule has 0 radical (unpaired) electrons. The number of rotatable bonds is 5. The second-order valence-electron chi connectivity index (χ2n) is 8.07. The van der Waals surface area contributed by atoms with Crippen LogP contribution in [0.2, 0.25) is 0 Å². The van der Waals surface area contributed by atoms with Gasteiger partial charge in [0.15, 0.2) is 11.5 Å². The van der Waals surface area contributed by atoms with Gasteiger partial charge in [-0.05, 0) is 49.2 Å². The minimum atomic E-state index is -0.0128. The fourth-order valence-corrected chi connectivity index (χ4v) is 3.92. The van der Waals surface area contributed by atoms with Crippen LogP contribution in [0.25, 0.3) is 27.9 Å². The van der Waals surface area contributed by atoms with Crippen LogP contribution in [-0.2, 0) is 0 Å². The zero-order chi connectivity index (χ0) is 21.5. The molecule has 0 unspecified atom stereocenters. The van der Waals surface area contributed by atoms with E-state index >= 15 is 0 Å². The van der Waals surface area contributed by atoms with E-state index in [0.29, 0.717) is 17.4 Å². The molecule has 156 valence electrons. The summed E-state index contributed by atoms with van der Waals surface area (Å²) in [7, 11) is 0. The predicted molar refractivity (Wildman–Crippen MR) is 126 cm³/mol. The van der Waals surface area contributed by atoms with Crippen molar-refractivity contribution in [2.75, 3.05) is 5.32 Å². The molecule has 2 N–H and O–H groups in total. The van der Waals surface area contributed by atoms with E-state index in [1.165, 1.54) is 0 Å². The first kappa shape index (κ1) is 18.6. The third kappa shape index (κ3) is 3.36. The van der Waals surface area contributed by atoms with Crippen LogP contribution in [0.15, 0.2) is 85.1 Å². The summed E-state index contributed by atoms with van der Waals surface area (Å²) in [5.41, 5.74) is 6.16. The summed E-state index contributed by atoms with van der Waals surface area (Å²) in [4.78, 5) is 21.9. The van der Waals surface area contributed by atoms with Gasteiger partial charge in [-0.1, -0.05) is 42.5 Å². The predicted octanol–water partition coefficient (Wildman–Crippen LogP) is 5.19. The molecule has 0 spiro atoms. The van der Waals surface area contributed by atoms with Gasteiger partial charge >= 0.3 is 0 Å². The van der Waals surface area contributed by atoms with E-state index in [1.54, 1.807) is 0 Å². The van der Waals surface area contributed by atoms with Crippen molar-refractivity contribution in [1.29, 1.82) is 0 Å². The van der Waals surface area contributed by atoms with Gasteiger partial charge in [0.25, 0.3) is 5.91 Å². The number of hydrogen-bond donors (Lipinski definition) is 2. The fraction of sp³-hybridized carbons (Fsp3) is 0.115. The zero-order valence-corrected chi connectivity index (χ0v) is 17.3. The second-order valence-corrected chi connectivity index (χ2v) is 8.07. The number of para-hydroxylation sites is 3. The Balaban J connectivity index is 1.45. The molecule has 1 amide bonds. The zero-order valence-electron chi connectivity index (χ0n) is 17.3. The van der Waals surface area contributed by atoms with Crippen LogP contribution < -0.4 is 10.6 Å². The van der Waals surface area contributed by atoms with Crippen molar-refractivity contribution >= 4 is 34.1 Å². The first-order valence-corrected chi connectivity index (χ1v) is 10.8. The molecule has 5 aromatic rings. The summed E-state index contributed by atoms with van der Waals surface area (Å²) in [6.07, 6.45) is 4.01. The van der Waals surface area contributed by atoms with Gasteiger partial charge in [-0.25, -0.2) is 9.97 Å². The molecule has 1 saturated carbocycles. The molecule has 0 atom stereocenters. The van der Waals surface area contributed by atoms with Crippen LogP contribution in [-0.4, -0.2) is 26.3 Å². The summed E-state index contributed by atoms with van der Waals surface area (Å²) in [6.45, 7) is 0. The molecule has 0 saturated heterocycles. The van der Waals surface area contributed by atoms with Crippen molar-refractivity contribution in [2.24, 2.45) is 0 Å². The summed E-state index contributed by atoms with van der Waals surface area (Å²) < 4.78 is 2.12. The summed E-state index contributed by atoms with van der Waals surface area (Å²) in [5, 5.41) is 6.44. The van der Waals surface area contributed by atoms with Gasteiger partial charge in [-0.15, -0.1) is 0 Å². The molecule has 32 heavy (non-hydrogen) atoms. The van der Waals surface area contributed by atoms with E-state index in [-0.39, 0.29) is 5.91 Å². The Morgan fingerprint density at radius 3 is 2.44 bits per heavy atom. The van der Waals surface area contributed by atoms with Gasteiger partial charge in [0.2, 0.25) is 0 Å². The molecule has 6 nitrogen and oxygen atoms in total. The number of hydrogen-bond acceptors (Lipinski definition) is 4. The number of anilines is 2. The Hall–Kier alpha value is -4.19. The quantitative estimate of drug-likeness (QED) is 0.411. The van der Waals surface area contributed by atoms with E-state index in [9.17, 15) is 4.79 Å². The maximum atomic E-state index is 12.4. The van der Waals surface area contributed by atoms with Crippen LogP contribution in [0.3, 0.4) is 0 Å². The van der Waals surface area contributed by atoms with Crippen molar-refractivity contribution in [3.8, 4) is 11.3 Å². The minimum absolute atomic E-state index is 0.0128. The van der Waals surface area contributed by atoms with Crippen LogP contribution in [0.4, 0.5) is 11.5 Å². The third-order valence-electron chi connectivity index (χ3n) is 5.72. The average Bonchev–Trinajstić information content (AvgIpc) is 3.53. The molecule has 2 aromatic heterocycles. The number of nitrogens with one attached hydrogen (secondary N) is 2. The van der Waals surface area contributed by atoms with E-state index in [4.69, 9.17) is 9.97 Å². The lowest BCUT2D eigenvalue weighted by atomic mass is 10.1. The van der Waals surface area contributed by atoms with Gasteiger partial charge in [0.1, 0.15) is 0 Å². The Kier molecular flexibility index (Phi) is 4.35. The number of imidazole rings is 1. The van der Waals surface area contributed by atoms with E-state index < -0.39 is 0 Å². The third-order valence-corrected chi connectivity index (χ3v) is 5.72. The highest BCUT2D eigenvalue weighted by Crippen LogP contribution is 2.30. The van der Waals surface area contributed by atoms with Crippen LogP contribution in [0.1, 0.15) is 23.2 Å². The average molecular weight is 419 g/mol. The number of benzene rings is 3. The first-order valence-electron chi connectivity index (χ1n) is 10.8. The molecule has 0 aliphatic heterocycles. The lowest BCUT2D eigenvalue weighted by Crippen LogP contribution is -2.25. The molecule has 1 fully saturated rings. The normalized spacial score (nSPS) is 13.4.